The third-order valence-electron chi connectivity index (χ3n) is 4.50. The second kappa shape index (κ2) is 9.70. The van der Waals surface area contributed by atoms with Gasteiger partial charge in [-0.15, -0.1) is 0 Å². The first-order valence-electron chi connectivity index (χ1n) is 8.58. The molecule has 0 radical (unpaired) electrons. The molecule has 5 heteroatoms. The molecular formula is C20H28N2O2S. The van der Waals surface area contributed by atoms with Crippen LogP contribution in [-0.2, 0) is 6.61 Å². The molecule has 2 aromatic rings. The minimum absolute atomic E-state index is 0. The molecule has 3 rings (SSSR count). The van der Waals surface area contributed by atoms with Crippen LogP contribution < -0.4 is 15.2 Å². The summed E-state index contributed by atoms with van der Waals surface area (Å²) in [5.41, 5.74) is 8.62. The first kappa shape index (κ1) is 19.6. The third kappa shape index (κ3) is 5.66. The van der Waals surface area contributed by atoms with Crippen LogP contribution >= 0.6 is 13.5 Å². The van der Waals surface area contributed by atoms with Gasteiger partial charge >= 0.3 is 0 Å². The topological polar surface area (TPSA) is 47.7 Å². The first-order chi connectivity index (χ1) is 11.7. The molecule has 0 aromatic heterocycles. The number of likely N-dealkylation sites (tertiary alicyclic amines) is 1. The Morgan fingerprint density at radius 2 is 1.76 bits per heavy atom. The molecule has 0 saturated carbocycles. The van der Waals surface area contributed by atoms with Crippen molar-refractivity contribution in [2.75, 3.05) is 26.7 Å². The summed E-state index contributed by atoms with van der Waals surface area (Å²) in [5, 5.41) is 0. The highest BCUT2D eigenvalue weighted by Gasteiger charge is 2.16. The second-order valence-corrected chi connectivity index (χ2v) is 6.32. The summed E-state index contributed by atoms with van der Waals surface area (Å²) in [7, 11) is 1.67. The van der Waals surface area contributed by atoms with Crippen LogP contribution in [0.3, 0.4) is 0 Å². The van der Waals surface area contributed by atoms with E-state index in [0.29, 0.717) is 6.61 Å². The fourth-order valence-corrected chi connectivity index (χ4v) is 3.07. The van der Waals surface area contributed by atoms with Gasteiger partial charge in [0, 0.05) is 12.6 Å². The predicted octanol–water partition coefficient (Wildman–Crippen LogP) is 3.48. The Hall–Kier alpha value is -1.69. The lowest BCUT2D eigenvalue weighted by Crippen LogP contribution is -2.29. The molecule has 1 aliphatic heterocycles. The van der Waals surface area contributed by atoms with Crippen molar-refractivity contribution >= 4 is 13.5 Å². The molecule has 0 bridgehead atoms. The van der Waals surface area contributed by atoms with E-state index in [9.17, 15) is 0 Å². The smallest absolute Gasteiger partial charge is 0.120 e. The maximum absolute atomic E-state index is 6.37. The molecule has 4 nitrogen and oxygen atoms in total. The molecule has 1 heterocycles. The van der Waals surface area contributed by atoms with Crippen molar-refractivity contribution in [1.82, 2.24) is 4.90 Å². The van der Waals surface area contributed by atoms with Gasteiger partial charge in [0.1, 0.15) is 18.1 Å². The Kier molecular flexibility index (Phi) is 7.62. The van der Waals surface area contributed by atoms with Crippen LogP contribution in [0.1, 0.15) is 30.0 Å². The monoisotopic (exact) mass is 360 g/mol. The minimum atomic E-state index is 0. The highest BCUT2D eigenvalue weighted by molar-refractivity contribution is 7.59. The van der Waals surface area contributed by atoms with Crippen LogP contribution in [0.2, 0.25) is 0 Å². The van der Waals surface area contributed by atoms with Gasteiger partial charge in [0.2, 0.25) is 0 Å². The van der Waals surface area contributed by atoms with Crippen molar-refractivity contribution in [2.24, 2.45) is 5.73 Å². The van der Waals surface area contributed by atoms with Crippen LogP contribution in [0.5, 0.6) is 11.5 Å². The molecule has 0 amide bonds. The number of methoxy groups -OCH3 is 1. The average Bonchev–Trinajstić information content (AvgIpc) is 3.13. The van der Waals surface area contributed by atoms with E-state index in [4.69, 9.17) is 15.2 Å². The first-order valence-corrected chi connectivity index (χ1v) is 8.58. The lowest BCUT2D eigenvalue weighted by Gasteiger charge is -2.20. The van der Waals surface area contributed by atoms with E-state index >= 15 is 0 Å². The van der Waals surface area contributed by atoms with Crippen LogP contribution in [0.15, 0.2) is 48.5 Å². The predicted molar refractivity (Wildman–Crippen MR) is 107 cm³/mol. The van der Waals surface area contributed by atoms with Crippen molar-refractivity contribution in [3.63, 3.8) is 0 Å². The van der Waals surface area contributed by atoms with Gasteiger partial charge < -0.3 is 20.1 Å². The van der Waals surface area contributed by atoms with Crippen molar-refractivity contribution in [3.8, 4) is 11.5 Å². The minimum Gasteiger partial charge on any atom is -0.497 e. The summed E-state index contributed by atoms with van der Waals surface area (Å²) in [5.74, 6) is 1.72. The number of rotatable bonds is 7. The Morgan fingerprint density at radius 3 is 2.44 bits per heavy atom. The standard InChI is InChI=1S/C20H26N2O2.H2S/c1-23-18-9-7-16(8-10-18)15-24-19-6-4-5-17(13-19)20(21)14-22-11-2-3-12-22;/h4-10,13,20H,2-3,11-12,14-15,21H2,1H3;1H2/t20-;/m1./s1. The van der Waals surface area contributed by atoms with Gasteiger partial charge in [0.15, 0.2) is 0 Å². The Balaban J connectivity index is 0.00000225. The molecule has 25 heavy (non-hydrogen) atoms. The number of benzene rings is 2. The molecule has 2 aromatic carbocycles. The summed E-state index contributed by atoms with van der Waals surface area (Å²) < 4.78 is 11.1. The van der Waals surface area contributed by atoms with Crippen LogP contribution in [0.4, 0.5) is 0 Å². The van der Waals surface area contributed by atoms with E-state index < -0.39 is 0 Å². The second-order valence-electron chi connectivity index (χ2n) is 6.32. The van der Waals surface area contributed by atoms with Crippen molar-refractivity contribution in [1.29, 1.82) is 0 Å². The molecule has 1 saturated heterocycles. The summed E-state index contributed by atoms with van der Waals surface area (Å²) in [6.07, 6.45) is 2.58. The SMILES string of the molecule is COc1ccc(COc2cccc([C@H](N)CN3CCCC3)c2)cc1.S. The van der Waals surface area contributed by atoms with Crippen LogP contribution in [0, 0.1) is 0 Å². The lowest BCUT2D eigenvalue weighted by molar-refractivity contribution is 0.302. The maximum Gasteiger partial charge on any atom is 0.120 e. The summed E-state index contributed by atoms with van der Waals surface area (Å²) in [6.45, 7) is 3.79. The van der Waals surface area contributed by atoms with Gasteiger partial charge in [-0.3, -0.25) is 0 Å². The fraction of sp³-hybridized carbons (Fsp3) is 0.400. The fourth-order valence-electron chi connectivity index (χ4n) is 3.07. The third-order valence-corrected chi connectivity index (χ3v) is 4.50. The van der Waals surface area contributed by atoms with Gasteiger partial charge in [-0.25, -0.2) is 0 Å². The molecule has 1 atom stereocenters. The van der Waals surface area contributed by atoms with E-state index in [2.05, 4.69) is 17.0 Å². The van der Waals surface area contributed by atoms with Crippen molar-refractivity contribution in [3.05, 3.63) is 59.7 Å². The van der Waals surface area contributed by atoms with E-state index in [0.717, 1.165) is 29.2 Å². The van der Waals surface area contributed by atoms with Crippen molar-refractivity contribution < 1.29 is 9.47 Å². The van der Waals surface area contributed by atoms with Gasteiger partial charge in [-0.05, 0) is 61.3 Å². The highest BCUT2D eigenvalue weighted by atomic mass is 32.1. The van der Waals surface area contributed by atoms with Gasteiger partial charge in [-0.1, -0.05) is 24.3 Å². The van der Waals surface area contributed by atoms with Crippen LogP contribution in [-0.4, -0.2) is 31.6 Å². The Bertz CT molecular complexity index is 642. The lowest BCUT2D eigenvalue weighted by atomic mass is 10.1. The largest absolute Gasteiger partial charge is 0.497 e. The summed E-state index contributed by atoms with van der Waals surface area (Å²) >= 11 is 0. The van der Waals surface area contributed by atoms with Gasteiger partial charge in [0.25, 0.3) is 0 Å². The normalized spacial score (nSPS) is 15.4. The zero-order valence-corrected chi connectivity index (χ0v) is 15.8. The quantitative estimate of drug-likeness (QED) is 0.821. The Morgan fingerprint density at radius 1 is 1.04 bits per heavy atom. The zero-order valence-electron chi connectivity index (χ0n) is 14.8. The van der Waals surface area contributed by atoms with E-state index in [1.807, 2.05) is 36.4 Å². The molecule has 0 aliphatic carbocycles. The Labute approximate surface area is 157 Å². The average molecular weight is 361 g/mol. The van der Waals surface area contributed by atoms with E-state index in [1.54, 1.807) is 7.11 Å². The van der Waals surface area contributed by atoms with Gasteiger partial charge in [-0.2, -0.15) is 13.5 Å². The van der Waals surface area contributed by atoms with E-state index in [-0.39, 0.29) is 19.5 Å². The van der Waals surface area contributed by atoms with E-state index in [1.165, 1.54) is 25.9 Å². The number of hydrogen-bond donors (Lipinski definition) is 1. The van der Waals surface area contributed by atoms with Crippen LogP contribution in [0.25, 0.3) is 0 Å². The molecule has 0 unspecified atom stereocenters. The summed E-state index contributed by atoms with van der Waals surface area (Å²) in [6, 6.07) is 16.1. The molecule has 1 fully saturated rings. The van der Waals surface area contributed by atoms with Gasteiger partial charge in [0.05, 0.1) is 7.11 Å². The molecule has 2 N–H and O–H groups in total. The molecule has 0 spiro atoms. The van der Waals surface area contributed by atoms with Crippen molar-refractivity contribution in [2.45, 2.75) is 25.5 Å². The molecule has 136 valence electrons. The zero-order chi connectivity index (χ0) is 16.8. The highest BCUT2D eigenvalue weighted by Crippen LogP contribution is 2.21. The number of hydrogen-bond acceptors (Lipinski definition) is 4. The number of ether oxygens (including phenoxy) is 2. The maximum atomic E-state index is 6.37. The molecular weight excluding hydrogens is 332 g/mol. The molecule has 1 aliphatic rings. The number of nitrogens with two attached hydrogens (primary N) is 1. The number of nitrogens with zero attached hydrogens (tertiary/aromatic N) is 1. The summed E-state index contributed by atoms with van der Waals surface area (Å²) in [4.78, 5) is 2.44.